The van der Waals surface area contributed by atoms with E-state index >= 15 is 0 Å². The fraction of sp³-hybridized carbons (Fsp3) is 0.143. The second kappa shape index (κ2) is 20.3. The largest absolute Gasteiger partial charge is 0.487 e. The van der Waals surface area contributed by atoms with Gasteiger partial charge in [0.1, 0.15) is 41.8 Å². The zero-order valence-corrected chi connectivity index (χ0v) is 34.1. The van der Waals surface area contributed by atoms with E-state index in [9.17, 15) is 21.2 Å². The number of rotatable bonds is 12. The second-order valence-electron chi connectivity index (χ2n) is 12.9. The van der Waals surface area contributed by atoms with E-state index in [4.69, 9.17) is 35.0 Å². The highest BCUT2D eigenvalue weighted by atomic mass is 35.5. The van der Waals surface area contributed by atoms with Gasteiger partial charge in [0.05, 0.1) is 33.5 Å². The maximum atomic E-state index is 13.4. The Hall–Kier alpha value is -5.72. The second-order valence-corrected chi connectivity index (χ2v) is 16.1. The normalized spacial score (nSPS) is 11.2. The molecule has 13 nitrogen and oxygen atoms in total. The van der Waals surface area contributed by atoms with Crippen LogP contribution in [0.2, 0.25) is 5.02 Å². The van der Waals surface area contributed by atoms with E-state index < -0.39 is 20.2 Å². The van der Waals surface area contributed by atoms with Gasteiger partial charge in [-0.1, -0.05) is 59.1 Å². The smallest absolute Gasteiger partial charge is 0.294 e. The van der Waals surface area contributed by atoms with Gasteiger partial charge in [-0.25, -0.2) is 14.4 Å². The molecule has 2 heterocycles. The molecule has 0 aliphatic carbocycles. The van der Waals surface area contributed by atoms with Crippen LogP contribution in [0.1, 0.15) is 22.5 Å². The summed E-state index contributed by atoms with van der Waals surface area (Å²) in [4.78, 5) is 8.68. The molecule has 0 bridgehead atoms. The molecule has 0 aliphatic rings. The van der Waals surface area contributed by atoms with Gasteiger partial charge in [0.15, 0.2) is 0 Å². The fourth-order valence-electron chi connectivity index (χ4n) is 5.27. The quantitative estimate of drug-likeness (QED) is 0.0578. The van der Waals surface area contributed by atoms with Gasteiger partial charge in [-0.05, 0) is 104 Å². The van der Waals surface area contributed by atoms with Crippen LogP contribution in [0, 0.1) is 19.7 Å². The van der Waals surface area contributed by atoms with E-state index in [-0.39, 0.29) is 28.8 Å². The molecule has 0 aliphatic heterocycles. The molecule has 2 aromatic heterocycles. The summed E-state index contributed by atoms with van der Waals surface area (Å²) >= 11 is 6.46. The third-order valence-electron chi connectivity index (χ3n) is 8.28. The van der Waals surface area contributed by atoms with E-state index in [1.165, 1.54) is 42.7 Å². The molecule has 0 atom stereocenters. The minimum atomic E-state index is -4.02. The summed E-state index contributed by atoms with van der Waals surface area (Å²) in [5.41, 5.74) is 5.02. The van der Waals surface area contributed by atoms with Crippen LogP contribution in [0.3, 0.4) is 0 Å². The summed E-state index contributed by atoms with van der Waals surface area (Å²) in [5.74, 6) is 2.30. The summed E-state index contributed by atoms with van der Waals surface area (Å²) in [6, 6.07) is 33.2. The van der Waals surface area contributed by atoms with Crippen molar-refractivity contribution in [2.24, 2.45) is 0 Å². The Labute approximate surface area is 346 Å². The fourth-order valence-corrected chi connectivity index (χ4v) is 6.46. The van der Waals surface area contributed by atoms with Gasteiger partial charge in [-0.2, -0.15) is 16.8 Å². The SMILES string of the molecule is Cc1ccc(S(=O)(=O)O)cc1.Cc1ccc(S(=O)(=O)O)cc1.OCCNCc1ccc(-c2ccc3ncnc(Nc4ccc(OCc5cccc(F)c5)c(Cl)c4)c3c2)o1. The molecule has 0 fully saturated rings. The minimum absolute atomic E-state index is 0.0666. The molecular weight excluding hydrogens is 823 g/mol. The van der Waals surface area contributed by atoms with Gasteiger partial charge >= 0.3 is 0 Å². The first-order chi connectivity index (χ1) is 28.1. The van der Waals surface area contributed by atoms with E-state index in [2.05, 4.69) is 20.6 Å². The van der Waals surface area contributed by atoms with Crippen molar-refractivity contribution < 1.29 is 44.6 Å². The number of halogens is 2. The third-order valence-corrected chi connectivity index (χ3v) is 10.3. The maximum absolute atomic E-state index is 13.4. The number of fused-ring (bicyclic) bond motifs is 1. The van der Waals surface area contributed by atoms with Gasteiger partial charge in [-0.15, -0.1) is 0 Å². The van der Waals surface area contributed by atoms with E-state index in [0.29, 0.717) is 35.2 Å². The topological polar surface area (TPSA) is 201 Å². The number of benzene rings is 5. The molecule has 0 saturated heterocycles. The Balaban J connectivity index is 0.000000244. The number of hydrogen-bond donors (Lipinski definition) is 5. The van der Waals surface area contributed by atoms with Gasteiger partial charge in [0, 0.05) is 23.2 Å². The standard InChI is InChI=1S/C28H24ClFN4O3.2C7H8O3S/c29-24-14-21(5-8-27(24)36-16-18-2-1-3-20(30)12-18)34-28-23-13-19(4-7-25(23)32-17-33-28)26-9-6-22(37-26)15-31-10-11-35;2*1-6-2-4-7(5-3-6)11(8,9)10/h1-9,12-14,17,31,35H,10-11,15-16H2,(H,32,33,34);2*2-5H,1H3,(H,8,9,10). The molecule has 0 saturated carbocycles. The number of nitrogens with one attached hydrogen (secondary N) is 2. The lowest BCUT2D eigenvalue weighted by molar-refractivity contribution is 0.290. The van der Waals surface area contributed by atoms with Crippen molar-refractivity contribution in [2.45, 2.75) is 36.8 Å². The first-order valence-corrected chi connectivity index (χ1v) is 21.0. The summed E-state index contributed by atoms with van der Waals surface area (Å²) in [6.07, 6.45) is 1.50. The molecule has 17 heteroatoms. The Morgan fingerprint density at radius 1 is 0.780 bits per heavy atom. The molecule has 0 radical (unpaired) electrons. The number of aryl methyl sites for hydroxylation is 2. The average molecular weight is 863 g/mol. The van der Waals surface area contributed by atoms with Gasteiger partial charge in [0.2, 0.25) is 0 Å². The Morgan fingerprint density at radius 3 is 2.03 bits per heavy atom. The number of nitrogens with zero attached hydrogens (tertiary/aromatic N) is 2. The number of ether oxygens (including phenoxy) is 1. The highest BCUT2D eigenvalue weighted by Crippen LogP contribution is 2.33. The molecule has 7 rings (SSSR count). The monoisotopic (exact) mass is 862 g/mol. The zero-order chi connectivity index (χ0) is 42.6. The van der Waals surface area contributed by atoms with Crippen LogP contribution in [-0.2, 0) is 33.4 Å². The minimum Gasteiger partial charge on any atom is -0.487 e. The Morgan fingerprint density at radius 2 is 1.44 bits per heavy atom. The highest BCUT2D eigenvalue weighted by molar-refractivity contribution is 7.86. The molecule has 308 valence electrons. The molecular formula is C42H40ClFN4O9S2. The van der Waals surface area contributed by atoms with Crippen LogP contribution in [0.25, 0.3) is 22.2 Å². The predicted molar refractivity (Wildman–Crippen MR) is 223 cm³/mol. The van der Waals surface area contributed by atoms with Crippen molar-refractivity contribution in [1.82, 2.24) is 15.3 Å². The summed E-state index contributed by atoms with van der Waals surface area (Å²) < 4.78 is 84.2. The highest BCUT2D eigenvalue weighted by Gasteiger charge is 2.12. The number of aliphatic hydroxyl groups is 1. The van der Waals surface area contributed by atoms with E-state index in [1.807, 2.05) is 50.2 Å². The first-order valence-electron chi connectivity index (χ1n) is 17.8. The van der Waals surface area contributed by atoms with Crippen LogP contribution < -0.4 is 15.4 Å². The summed E-state index contributed by atoms with van der Waals surface area (Å²) in [7, 11) is -8.04. The van der Waals surface area contributed by atoms with Gasteiger partial charge < -0.3 is 24.9 Å². The maximum Gasteiger partial charge on any atom is 0.294 e. The molecule has 5 aromatic carbocycles. The van der Waals surface area contributed by atoms with Crippen molar-refractivity contribution >= 4 is 54.2 Å². The number of furan rings is 1. The van der Waals surface area contributed by atoms with Crippen molar-refractivity contribution in [2.75, 3.05) is 18.5 Å². The van der Waals surface area contributed by atoms with Crippen LogP contribution in [0.15, 0.2) is 142 Å². The first kappa shape index (κ1) is 44.4. The third kappa shape index (κ3) is 13.4. The molecule has 7 aromatic rings. The lowest BCUT2D eigenvalue weighted by Crippen LogP contribution is -2.16. The van der Waals surface area contributed by atoms with Gasteiger partial charge in [-0.3, -0.25) is 9.11 Å². The average Bonchev–Trinajstić information content (AvgIpc) is 3.67. The number of anilines is 2. The van der Waals surface area contributed by atoms with E-state index in [1.54, 1.807) is 48.5 Å². The lowest BCUT2D eigenvalue weighted by atomic mass is 10.1. The van der Waals surface area contributed by atoms with Crippen molar-refractivity contribution in [3.05, 3.63) is 161 Å². The summed E-state index contributed by atoms with van der Waals surface area (Å²) in [6.45, 7) is 5.00. The number of aromatic nitrogens is 2. The number of hydrogen-bond acceptors (Lipinski definition) is 11. The molecule has 0 unspecified atom stereocenters. The molecule has 5 N–H and O–H groups in total. The predicted octanol–water partition coefficient (Wildman–Crippen LogP) is 8.57. The van der Waals surface area contributed by atoms with Crippen LogP contribution >= 0.6 is 11.6 Å². The molecule has 59 heavy (non-hydrogen) atoms. The Kier molecular flexibility index (Phi) is 15.3. The summed E-state index contributed by atoms with van der Waals surface area (Å²) in [5, 5.41) is 16.6. The molecule has 0 spiro atoms. The lowest BCUT2D eigenvalue weighted by Gasteiger charge is -2.12. The number of aliphatic hydroxyl groups excluding tert-OH is 1. The van der Waals surface area contributed by atoms with E-state index in [0.717, 1.165) is 44.8 Å². The van der Waals surface area contributed by atoms with Crippen molar-refractivity contribution in [1.29, 1.82) is 0 Å². The molecule has 0 amide bonds. The van der Waals surface area contributed by atoms with Crippen molar-refractivity contribution in [3.63, 3.8) is 0 Å². The van der Waals surface area contributed by atoms with Gasteiger partial charge in [0.25, 0.3) is 20.2 Å². The van der Waals surface area contributed by atoms with Crippen LogP contribution in [0.5, 0.6) is 5.75 Å². The van der Waals surface area contributed by atoms with Crippen LogP contribution in [0.4, 0.5) is 15.9 Å². The zero-order valence-electron chi connectivity index (χ0n) is 31.7. The van der Waals surface area contributed by atoms with Crippen LogP contribution in [-0.4, -0.2) is 54.2 Å². The van der Waals surface area contributed by atoms with Crippen molar-refractivity contribution in [3.8, 4) is 17.1 Å². The Bertz CT molecular complexity index is 2640.